The van der Waals surface area contributed by atoms with E-state index in [9.17, 15) is 9.18 Å². The van der Waals surface area contributed by atoms with Crippen LogP contribution in [0.15, 0.2) is 36.7 Å². The second-order valence-corrected chi connectivity index (χ2v) is 3.68. The minimum Gasteiger partial charge on any atom is -0.347 e. The Kier molecular flexibility index (Phi) is 3.18. The first kappa shape index (κ1) is 11.3. The van der Waals surface area contributed by atoms with Crippen LogP contribution >= 0.6 is 0 Å². The van der Waals surface area contributed by atoms with Gasteiger partial charge in [-0.25, -0.2) is 9.37 Å². The van der Waals surface area contributed by atoms with Crippen LogP contribution in [-0.4, -0.2) is 15.9 Å². The fraction of sp³-hybridized carbons (Fsp3) is 0.167. The summed E-state index contributed by atoms with van der Waals surface area (Å²) in [4.78, 5) is 18.8. The van der Waals surface area contributed by atoms with Crippen molar-refractivity contribution < 1.29 is 9.18 Å². The molecule has 4 nitrogen and oxygen atoms in total. The van der Waals surface area contributed by atoms with Gasteiger partial charge in [-0.1, -0.05) is 0 Å². The van der Waals surface area contributed by atoms with Crippen LogP contribution in [0.1, 0.15) is 29.1 Å². The Balaban J connectivity index is 2.04. The van der Waals surface area contributed by atoms with Crippen molar-refractivity contribution >= 4 is 5.91 Å². The number of carbonyl (C=O) groups excluding carboxylic acids is 1. The van der Waals surface area contributed by atoms with Gasteiger partial charge in [-0.15, -0.1) is 0 Å². The first-order valence-electron chi connectivity index (χ1n) is 5.22. The third-order valence-electron chi connectivity index (χ3n) is 2.38. The summed E-state index contributed by atoms with van der Waals surface area (Å²) in [5.41, 5.74) is 0.421. The van der Waals surface area contributed by atoms with Gasteiger partial charge in [-0.2, -0.15) is 0 Å². The SMILES string of the molecule is CC(NC(=O)c1ccc(F)cc1)c1ncc[nH]1. The smallest absolute Gasteiger partial charge is 0.251 e. The van der Waals surface area contributed by atoms with Gasteiger partial charge in [0.1, 0.15) is 11.6 Å². The number of imidazole rings is 1. The van der Waals surface area contributed by atoms with E-state index in [1.54, 1.807) is 12.4 Å². The normalized spacial score (nSPS) is 12.1. The van der Waals surface area contributed by atoms with Crippen LogP contribution < -0.4 is 5.32 Å². The molecule has 0 aliphatic heterocycles. The highest BCUT2D eigenvalue weighted by atomic mass is 19.1. The first-order valence-corrected chi connectivity index (χ1v) is 5.22. The maximum atomic E-state index is 12.7. The molecular formula is C12H12FN3O. The van der Waals surface area contributed by atoms with Gasteiger partial charge in [0.25, 0.3) is 5.91 Å². The highest BCUT2D eigenvalue weighted by Crippen LogP contribution is 2.08. The predicted molar refractivity (Wildman–Crippen MR) is 60.9 cm³/mol. The zero-order valence-electron chi connectivity index (χ0n) is 9.27. The molecule has 0 aliphatic carbocycles. The fourth-order valence-electron chi connectivity index (χ4n) is 1.46. The summed E-state index contributed by atoms with van der Waals surface area (Å²) in [6.45, 7) is 1.82. The number of H-pyrrole nitrogens is 1. The van der Waals surface area contributed by atoms with Gasteiger partial charge >= 0.3 is 0 Å². The fourth-order valence-corrected chi connectivity index (χ4v) is 1.46. The van der Waals surface area contributed by atoms with Crippen LogP contribution in [0, 0.1) is 5.82 Å². The highest BCUT2D eigenvalue weighted by molar-refractivity contribution is 5.94. The van der Waals surface area contributed by atoms with Crippen LogP contribution in [0.3, 0.4) is 0 Å². The number of benzene rings is 1. The second kappa shape index (κ2) is 4.78. The van der Waals surface area contributed by atoms with Crippen LogP contribution in [0.5, 0.6) is 0 Å². The van der Waals surface area contributed by atoms with Gasteiger partial charge in [0.15, 0.2) is 0 Å². The summed E-state index contributed by atoms with van der Waals surface area (Å²) in [6.07, 6.45) is 3.31. The molecule has 2 N–H and O–H groups in total. The maximum absolute atomic E-state index is 12.7. The summed E-state index contributed by atoms with van der Waals surface area (Å²) < 4.78 is 12.7. The van der Waals surface area contributed by atoms with Crippen molar-refractivity contribution in [3.05, 3.63) is 53.9 Å². The van der Waals surface area contributed by atoms with Crippen molar-refractivity contribution in [3.63, 3.8) is 0 Å². The van der Waals surface area contributed by atoms with Gasteiger partial charge in [-0.3, -0.25) is 4.79 Å². The Morgan fingerprint density at radius 3 is 2.71 bits per heavy atom. The van der Waals surface area contributed by atoms with Crippen molar-refractivity contribution in [2.24, 2.45) is 0 Å². The van der Waals surface area contributed by atoms with Crippen LogP contribution in [0.25, 0.3) is 0 Å². The number of hydrogen-bond acceptors (Lipinski definition) is 2. The molecule has 1 unspecified atom stereocenters. The van der Waals surface area contributed by atoms with E-state index < -0.39 is 0 Å². The maximum Gasteiger partial charge on any atom is 0.251 e. The minimum atomic E-state index is -0.361. The molecule has 5 heteroatoms. The molecule has 2 rings (SSSR count). The molecule has 0 fully saturated rings. The highest BCUT2D eigenvalue weighted by Gasteiger charge is 2.12. The number of aromatic amines is 1. The number of halogens is 1. The summed E-state index contributed by atoms with van der Waals surface area (Å²) in [5, 5.41) is 2.76. The number of nitrogens with zero attached hydrogens (tertiary/aromatic N) is 1. The van der Waals surface area contributed by atoms with Gasteiger partial charge in [-0.05, 0) is 31.2 Å². The summed E-state index contributed by atoms with van der Waals surface area (Å²) in [6, 6.07) is 5.18. The van der Waals surface area contributed by atoms with E-state index in [0.29, 0.717) is 11.4 Å². The van der Waals surface area contributed by atoms with E-state index in [1.807, 2.05) is 6.92 Å². The third-order valence-corrected chi connectivity index (χ3v) is 2.38. The lowest BCUT2D eigenvalue weighted by molar-refractivity contribution is 0.0938. The molecule has 0 spiro atoms. The van der Waals surface area contributed by atoms with Gasteiger partial charge < -0.3 is 10.3 Å². The lowest BCUT2D eigenvalue weighted by Crippen LogP contribution is -2.27. The predicted octanol–water partition coefficient (Wildman–Crippen LogP) is 2.04. The number of hydrogen-bond donors (Lipinski definition) is 2. The lowest BCUT2D eigenvalue weighted by atomic mass is 10.2. The van der Waals surface area contributed by atoms with Gasteiger partial charge in [0.05, 0.1) is 6.04 Å². The monoisotopic (exact) mass is 233 g/mol. The Labute approximate surface area is 97.9 Å². The zero-order chi connectivity index (χ0) is 12.3. The van der Waals surface area contributed by atoms with Gasteiger partial charge in [0, 0.05) is 18.0 Å². The molecule has 0 aliphatic rings. The minimum absolute atomic E-state index is 0.220. The number of rotatable bonds is 3. The second-order valence-electron chi connectivity index (χ2n) is 3.68. The molecule has 1 aromatic heterocycles. The Bertz CT molecular complexity index is 493. The standard InChI is InChI=1S/C12H12FN3O/c1-8(11-14-6-7-15-11)16-12(17)9-2-4-10(13)5-3-9/h2-8H,1H3,(H,14,15)(H,16,17). The molecule has 88 valence electrons. The van der Waals surface area contributed by atoms with Crippen molar-refractivity contribution in [2.45, 2.75) is 13.0 Å². The molecule has 17 heavy (non-hydrogen) atoms. The average molecular weight is 233 g/mol. The Hall–Kier alpha value is -2.17. The molecule has 0 radical (unpaired) electrons. The Morgan fingerprint density at radius 1 is 1.41 bits per heavy atom. The quantitative estimate of drug-likeness (QED) is 0.852. The molecule has 2 aromatic rings. The average Bonchev–Trinajstić information content (AvgIpc) is 2.83. The molecule has 0 saturated carbocycles. The van der Waals surface area contributed by atoms with E-state index >= 15 is 0 Å². The summed E-state index contributed by atoms with van der Waals surface area (Å²) in [7, 11) is 0. The molecule has 1 amide bonds. The summed E-state index contributed by atoms with van der Waals surface area (Å²) in [5.74, 6) is 0.0648. The third kappa shape index (κ3) is 2.69. The van der Waals surface area contributed by atoms with Crippen LogP contribution in [0.2, 0.25) is 0 Å². The number of nitrogens with one attached hydrogen (secondary N) is 2. The largest absolute Gasteiger partial charge is 0.347 e. The lowest BCUT2D eigenvalue weighted by Gasteiger charge is -2.11. The first-order chi connectivity index (χ1) is 8.16. The van der Waals surface area contributed by atoms with Crippen molar-refractivity contribution in [2.75, 3.05) is 0 Å². The van der Waals surface area contributed by atoms with E-state index in [-0.39, 0.29) is 17.8 Å². The number of aromatic nitrogens is 2. The van der Waals surface area contributed by atoms with Crippen LogP contribution in [0.4, 0.5) is 4.39 Å². The molecule has 0 bridgehead atoms. The molecule has 0 saturated heterocycles. The molecule has 1 aromatic carbocycles. The van der Waals surface area contributed by atoms with E-state index in [1.165, 1.54) is 24.3 Å². The molecular weight excluding hydrogens is 221 g/mol. The van der Waals surface area contributed by atoms with E-state index in [4.69, 9.17) is 0 Å². The van der Waals surface area contributed by atoms with Gasteiger partial charge in [0.2, 0.25) is 0 Å². The van der Waals surface area contributed by atoms with E-state index in [0.717, 1.165) is 0 Å². The van der Waals surface area contributed by atoms with Crippen molar-refractivity contribution in [3.8, 4) is 0 Å². The summed E-state index contributed by atoms with van der Waals surface area (Å²) >= 11 is 0. The molecule has 1 heterocycles. The van der Waals surface area contributed by atoms with Crippen molar-refractivity contribution in [1.29, 1.82) is 0 Å². The van der Waals surface area contributed by atoms with E-state index in [2.05, 4.69) is 15.3 Å². The number of amides is 1. The zero-order valence-corrected chi connectivity index (χ0v) is 9.27. The Morgan fingerprint density at radius 2 is 2.12 bits per heavy atom. The van der Waals surface area contributed by atoms with Crippen LogP contribution in [-0.2, 0) is 0 Å². The number of carbonyl (C=O) groups is 1. The molecule has 1 atom stereocenters. The van der Waals surface area contributed by atoms with Crippen molar-refractivity contribution in [1.82, 2.24) is 15.3 Å². The topological polar surface area (TPSA) is 57.8 Å².